The Hall–Kier alpha value is -3.04. The quantitative estimate of drug-likeness (QED) is 0.672. The molecule has 1 amide bonds. The summed E-state index contributed by atoms with van der Waals surface area (Å²) in [5, 5.41) is 17.1. The van der Waals surface area contributed by atoms with E-state index in [1.807, 2.05) is 0 Å². The van der Waals surface area contributed by atoms with Crippen molar-refractivity contribution in [2.24, 2.45) is 7.05 Å². The van der Waals surface area contributed by atoms with E-state index in [-0.39, 0.29) is 11.4 Å². The number of nitrogens with one attached hydrogen (secondary N) is 1. The van der Waals surface area contributed by atoms with Gasteiger partial charge in [-0.25, -0.2) is 0 Å². The van der Waals surface area contributed by atoms with Gasteiger partial charge in [0.05, 0.1) is 4.92 Å². The number of carbonyl (C=O) groups excluding carboxylic acids is 1. The zero-order valence-electron chi connectivity index (χ0n) is 12.1. The summed E-state index contributed by atoms with van der Waals surface area (Å²) in [6.07, 6.45) is 0.974. The number of ether oxygens (including phenoxy) is 1. The number of benzene rings is 1. The molecule has 1 aromatic heterocycles. The van der Waals surface area contributed by atoms with Crippen LogP contribution in [0.2, 0.25) is 0 Å². The summed E-state index contributed by atoms with van der Waals surface area (Å²) in [5.41, 5.74) is 0.121. The minimum Gasteiger partial charge on any atom is -0.435 e. The van der Waals surface area contributed by atoms with Crippen molar-refractivity contribution in [1.29, 1.82) is 0 Å². The molecule has 10 heteroatoms. The Bertz CT molecular complexity index is 760. The molecule has 0 aliphatic heterocycles. The topological polar surface area (TPSA) is 99.3 Å². The van der Waals surface area contributed by atoms with Crippen molar-refractivity contribution in [3.63, 3.8) is 0 Å². The molecule has 122 valence electrons. The van der Waals surface area contributed by atoms with Crippen LogP contribution in [0.5, 0.6) is 5.75 Å². The van der Waals surface area contributed by atoms with Gasteiger partial charge in [-0.05, 0) is 30.7 Å². The fraction of sp³-hybridized carbons (Fsp3) is 0.231. The summed E-state index contributed by atoms with van der Waals surface area (Å²) in [6, 6.07) is 3.94. The number of alkyl halides is 2. The lowest BCUT2D eigenvalue weighted by Gasteiger charge is -2.10. The van der Waals surface area contributed by atoms with Crippen LogP contribution in [0, 0.1) is 17.0 Å². The third-order valence-electron chi connectivity index (χ3n) is 3.00. The van der Waals surface area contributed by atoms with E-state index in [4.69, 9.17) is 0 Å². The van der Waals surface area contributed by atoms with E-state index in [2.05, 4.69) is 15.2 Å². The van der Waals surface area contributed by atoms with Gasteiger partial charge in [0.1, 0.15) is 11.9 Å². The molecule has 2 rings (SSSR count). The largest absolute Gasteiger partial charge is 0.435 e. The molecular formula is C13H12F2N4O4. The van der Waals surface area contributed by atoms with Crippen molar-refractivity contribution in [1.82, 2.24) is 9.78 Å². The first kappa shape index (κ1) is 16.3. The third-order valence-corrected chi connectivity index (χ3v) is 3.00. The smallest absolute Gasteiger partial charge is 0.387 e. The van der Waals surface area contributed by atoms with Crippen molar-refractivity contribution in [2.45, 2.75) is 13.5 Å². The van der Waals surface area contributed by atoms with Crippen molar-refractivity contribution in [3.8, 4) is 5.75 Å². The Morgan fingerprint density at radius 2 is 2.17 bits per heavy atom. The van der Waals surface area contributed by atoms with Gasteiger partial charge in [-0.1, -0.05) is 0 Å². The molecular weight excluding hydrogens is 314 g/mol. The minimum atomic E-state index is -2.95. The van der Waals surface area contributed by atoms with Crippen LogP contribution in [0.25, 0.3) is 0 Å². The van der Waals surface area contributed by atoms with E-state index in [0.29, 0.717) is 11.3 Å². The molecule has 1 heterocycles. The van der Waals surface area contributed by atoms with Gasteiger partial charge in [0.2, 0.25) is 5.69 Å². The number of hydrogen-bond donors (Lipinski definition) is 1. The Morgan fingerprint density at radius 1 is 1.48 bits per heavy atom. The maximum Gasteiger partial charge on any atom is 0.387 e. The summed E-state index contributed by atoms with van der Waals surface area (Å²) in [4.78, 5) is 22.4. The second kappa shape index (κ2) is 6.38. The van der Waals surface area contributed by atoms with Crippen molar-refractivity contribution in [3.05, 3.63) is 45.8 Å². The molecule has 8 nitrogen and oxygen atoms in total. The summed E-state index contributed by atoms with van der Waals surface area (Å²) in [6.45, 7) is -1.38. The molecule has 0 atom stereocenters. The van der Waals surface area contributed by atoms with E-state index in [1.165, 1.54) is 25.2 Å². The second-order valence-electron chi connectivity index (χ2n) is 4.57. The number of amides is 1. The van der Waals surface area contributed by atoms with Crippen LogP contribution in [-0.4, -0.2) is 27.2 Å². The molecule has 1 N–H and O–H groups in total. The number of halogens is 2. The Balaban J connectivity index is 2.24. The lowest BCUT2D eigenvalue weighted by Crippen LogP contribution is -2.18. The second-order valence-corrected chi connectivity index (χ2v) is 4.57. The molecule has 0 fully saturated rings. The van der Waals surface area contributed by atoms with E-state index in [1.54, 1.807) is 6.92 Å². The summed E-state index contributed by atoms with van der Waals surface area (Å²) in [5.74, 6) is -0.788. The Kier molecular flexibility index (Phi) is 4.53. The predicted molar refractivity (Wildman–Crippen MR) is 75.6 cm³/mol. The van der Waals surface area contributed by atoms with Gasteiger partial charge in [-0.3, -0.25) is 19.6 Å². The predicted octanol–water partition coefficient (Wildman–Crippen LogP) is 2.49. The maximum atomic E-state index is 12.2. The van der Waals surface area contributed by atoms with Crippen LogP contribution in [-0.2, 0) is 7.05 Å². The van der Waals surface area contributed by atoms with Crippen LogP contribution in [0.1, 0.15) is 16.1 Å². The number of anilines is 1. The van der Waals surface area contributed by atoms with Gasteiger partial charge in [0, 0.05) is 12.7 Å². The molecule has 0 aliphatic rings. The number of nitrogens with zero attached hydrogens (tertiary/aromatic N) is 3. The summed E-state index contributed by atoms with van der Waals surface area (Å²) < 4.78 is 29.6. The standard InChI is InChI=1S/C13H12F2N4O4/c1-7-5-8(23-13(14)15)3-4-9(7)17-12(20)11-10(19(21)22)6-16-18(11)2/h3-6,13H,1-2H3,(H,17,20). The molecule has 23 heavy (non-hydrogen) atoms. The van der Waals surface area contributed by atoms with Crippen molar-refractivity contribution in [2.75, 3.05) is 5.32 Å². The van der Waals surface area contributed by atoms with Crippen LogP contribution < -0.4 is 10.1 Å². The molecule has 2 aromatic rings. The van der Waals surface area contributed by atoms with E-state index < -0.39 is 23.1 Å². The highest BCUT2D eigenvalue weighted by molar-refractivity contribution is 6.06. The fourth-order valence-corrected chi connectivity index (χ4v) is 1.96. The van der Waals surface area contributed by atoms with Crippen molar-refractivity contribution < 1.29 is 23.2 Å². The molecule has 0 bridgehead atoms. The van der Waals surface area contributed by atoms with Crippen LogP contribution in [0.4, 0.5) is 20.2 Å². The first-order chi connectivity index (χ1) is 10.8. The van der Waals surface area contributed by atoms with Crippen molar-refractivity contribution >= 4 is 17.3 Å². The van der Waals surface area contributed by atoms with Crippen LogP contribution >= 0.6 is 0 Å². The zero-order chi connectivity index (χ0) is 17.1. The van der Waals surface area contributed by atoms with Gasteiger partial charge in [-0.2, -0.15) is 13.9 Å². The molecule has 0 aliphatic carbocycles. The highest BCUT2D eigenvalue weighted by Crippen LogP contribution is 2.24. The molecule has 0 saturated carbocycles. The lowest BCUT2D eigenvalue weighted by molar-refractivity contribution is -0.385. The number of aryl methyl sites for hydroxylation is 2. The molecule has 0 unspecified atom stereocenters. The van der Waals surface area contributed by atoms with Crippen LogP contribution in [0.3, 0.4) is 0 Å². The van der Waals surface area contributed by atoms with E-state index >= 15 is 0 Å². The number of aromatic nitrogens is 2. The van der Waals surface area contributed by atoms with Gasteiger partial charge in [0.25, 0.3) is 5.91 Å². The first-order valence-corrected chi connectivity index (χ1v) is 6.32. The number of rotatable bonds is 5. The highest BCUT2D eigenvalue weighted by atomic mass is 19.3. The third kappa shape index (κ3) is 3.59. The SMILES string of the molecule is Cc1cc(OC(F)F)ccc1NC(=O)c1c([N+](=O)[O-])cnn1C. The van der Waals surface area contributed by atoms with E-state index in [9.17, 15) is 23.7 Å². The van der Waals surface area contributed by atoms with Gasteiger partial charge in [-0.15, -0.1) is 0 Å². The number of carbonyl (C=O) groups is 1. The monoisotopic (exact) mass is 326 g/mol. The van der Waals surface area contributed by atoms with Gasteiger partial charge in [0.15, 0.2) is 0 Å². The fourth-order valence-electron chi connectivity index (χ4n) is 1.96. The molecule has 0 saturated heterocycles. The Labute approximate surface area is 128 Å². The normalized spacial score (nSPS) is 10.7. The average molecular weight is 326 g/mol. The maximum absolute atomic E-state index is 12.2. The first-order valence-electron chi connectivity index (χ1n) is 6.32. The van der Waals surface area contributed by atoms with Crippen LogP contribution in [0.15, 0.2) is 24.4 Å². The highest BCUT2D eigenvalue weighted by Gasteiger charge is 2.25. The summed E-state index contributed by atoms with van der Waals surface area (Å²) >= 11 is 0. The molecule has 1 aromatic carbocycles. The average Bonchev–Trinajstić information content (AvgIpc) is 2.83. The minimum absolute atomic E-state index is 0.0537. The van der Waals surface area contributed by atoms with Gasteiger partial charge >= 0.3 is 12.3 Å². The summed E-state index contributed by atoms with van der Waals surface area (Å²) in [7, 11) is 1.40. The molecule has 0 spiro atoms. The molecule has 0 radical (unpaired) electrons. The van der Waals surface area contributed by atoms with E-state index in [0.717, 1.165) is 10.9 Å². The Morgan fingerprint density at radius 3 is 2.74 bits per heavy atom. The lowest BCUT2D eigenvalue weighted by atomic mass is 10.2. The number of hydrogen-bond acceptors (Lipinski definition) is 5. The van der Waals surface area contributed by atoms with Gasteiger partial charge < -0.3 is 10.1 Å². The zero-order valence-corrected chi connectivity index (χ0v) is 12.1. The number of nitro groups is 1.